The molecule has 0 saturated carbocycles. The molecule has 1 atom stereocenters. The first-order valence-electron chi connectivity index (χ1n) is 9.38. The van der Waals surface area contributed by atoms with Gasteiger partial charge in [-0.3, -0.25) is 0 Å². The summed E-state index contributed by atoms with van der Waals surface area (Å²) in [6.45, 7) is 0.625. The van der Waals surface area contributed by atoms with Crippen LogP contribution in [-0.2, 0) is 10.0 Å². The third-order valence-electron chi connectivity index (χ3n) is 4.86. The fourth-order valence-corrected chi connectivity index (χ4v) is 5.80. The molecule has 162 valence electrons. The number of ether oxygens (including phenoxy) is 1. The van der Waals surface area contributed by atoms with E-state index in [1.807, 2.05) is 0 Å². The number of sulfonamides is 1. The Labute approximate surface area is 189 Å². The zero-order valence-electron chi connectivity index (χ0n) is 16.0. The van der Waals surface area contributed by atoms with Gasteiger partial charge in [-0.2, -0.15) is 0 Å². The van der Waals surface area contributed by atoms with Gasteiger partial charge in [0.25, 0.3) is 0 Å². The number of nitrogens with one attached hydrogen (secondary N) is 1. The predicted molar refractivity (Wildman–Crippen MR) is 119 cm³/mol. The number of hydrogen-bond donors (Lipinski definition) is 2. The van der Waals surface area contributed by atoms with E-state index in [9.17, 15) is 13.2 Å². The molecular weight excluding hydrogens is 496 g/mol. The number of hydrogen-bond acceptors (Lipinski definition) is 4. The maximum atomic E-state index is 12.9. The topological polar surface area (TPSA) is 95.9 Å². The van der Waals surface area contributed by atoms with Crippen molar-refractivity contribution < 1.29 is 23.1 Å². The van der Waals surface area contributed by atoms with Crippen LogP contribution in [0.3, 0.4) is 0 Å². The Morgan fingerprint density at radius 2 is 1.90 bits per heavy atom. The third-order valence-corrected chi connectivity index (χ3v) is 7.62. The molecule has 2 N–H and O–H groups in total. The first-order valence-corrected chi connectivity index (χ1v) is 12.2. The first kappa shape index (κ1) is 22.9. The van der Waals surface area contributed by atoms with Crippen LogP contribution in [0.25, 0.3) is 0 Å². The average Bonchev–Trinajstić information content (AvgIpc) is 2.70. The van der Waals surface area contributed by atoms with Gasteiger partial charge in [0.2, 0.25) is 10.0 Å². The lowest BCUT2D eigenvalue weighted by atomic mass is 10.1. The summed E-state index contributed by atoms with van der Waals surface area (Å²) in [6, 6.07) is 13.1. The van der Waals surface area contributed by atoms with Gasteiger partial charge in [-0.15, -0.1) is 0 Å². The maximum Gasteiger partial charge on any atom is 0.405 e. The molecule has 3 rings (SSSR count). The van der Waals surface area contributed by atoms with Crippen LogP contribution in [0.1, 0.15) is 24.4 Å². The minimum Gasteiger partial charge on any atom is -0.489 e. The van der Waals surface area contributed by atoms with Crippen LogP contribution in [0.5, 0.6) is 5.75 Å². The minimum atomic E-state index is -3.66. The Kier molecular flexibility index (Phi) is 7.62. The molecule has 2 aromatic rings. The van der Waals surface area contributed by atoms with Crippen LogP contribution in [-0.4, -0.2) is 48.9 Å². The van der Waals surface area contributed by atoms with Crippen LogP contribution in [0.2, 0.25) is 5.02 Å². The van der Waals surface area contributed by atoms with E-state index in [0.717, 1.165) is 4.47 Å². The quantitative estimate of drug-likeness (QED) is 0.571. The summed E-state index contributed by atoms with van der Waals surface area (Å²) >= 11 is 9.36. The van der Waals surface area contributed by atoms with Crippen LogP contribution in [0, 0.1) is 0 Å². The van der Waals surface area contributed by atoms with E-state index in [0.29, 0.717) is 42.3 Å². The molecule has 10 heteroatoms. The summed E-state index contributed by atoms with van der Waals surface area (Å²) in [7, 11) is -3.66. The Morgan fingerprint density at radius 1 is 1.23 bits per heavy atom. The SMILES string of the molecule is O=C(O)NC(CS(=O)(=O)N1CCC(Oc2ccc(Cl)cc2Br)CC1)c1ccccc1. The van der Waals surface area contributed by atoms with Crippen molar-refractivity contribution in [3.05, 3.63) is 63.6 Å². The Hall–Kier alpha value is -1.81. The lowest BCUT2D eigenvalue weighted by Gasteiger charge is -2.32. The van der Waals surface area contributed by atoms with E-state index < -0.39 is 22.2 Å². The second-order valence-electron chi connectivity index (χ2n) is 6.98. The summed E-state index contributed by atoms with van der Waals surface area (Å²) in [5.41, 5.74) is 0.606. The summed E-state index contributed by atoms with van der Waals surface area (Å²) in [6.07, 6.45) is -0.302. The molecule has 0 aromatic heterocycles. The fourth-order valence-electron chi connectivity index (χ4n) is 3.35. The molecule has 1 amide bonds. The highest BCUT2D eigenvalue weighted by Crippen LogP contribution is 2.31. The molecule has 7 nitrogen and oxygen atoms in total. The molecule has 1 unspecified atom stereocenters. The van der Waals surface area contributed by atoms with Gasteiger partial charge in [-0.25, -0.2) is 17.5 Å². The fraction of sp³-hybridized carbons (Fsp3) is 0.350. The van der Waals surface area contributed by atoms with Crippen molar-refractivity contribution in [3.63, 3.8) is 0 Å². The highest BCUT2D eigenvalue weighted by Gasteiger charge is 2.32. The molecule has 0 spiro atoms. The van der Waals surface area contributed by atoms with Gasteiger partial charge >= 0.3 is 6.09 Å². The minimum absolute atomic E-state index is 0.115. The van der Waals surface area contributed by atoms with Crippen molar-refractivity contribution in [2.75, 3.05) is 18.8 Å². The Balaban J connectivity index is 1.62. The lowest BCUT2D eigenvalue weighted by Crippen LogP contribution is -2.45. The molecular formula is C20H22BrClN2O5S. The van der Waals surface area contributed by atoms with E-state index in [-0.39, 0.29) is 11.9 Å². The van der Waals surface area contributed by atoms with Gasteiger partial charge in [0.15, 0.2) is 0 Å². The second kappa shape index (κ2) is 10.00. The number of nitrogens with zero attached hydrogens (tertiary/aromatic N) is 1. The van der Waals surface area contributed by atoms with Gasteiger partial charge in [0.05, 0.1) is 16.3 Å². The van der Waals surface area contributed by atoms with E-state index in [1.165, 1.54) is 4.31 Å². The van der Waals surface area contributed by atoms with Crippen LogP contribution >= 0.6 is 27.5 Å². The monoisotopic (exact) mass is 516 g/mol. The molecule has 30 heavy (non-hydrogen) atoms. The normalized spacial score (nSPS) is 16.7. The number of amides is 1. The molecule has 0 bridgehead atoms. The maximum absolute atomic E-state index is 12.9. The smallest absolute Gasteiger partial charge is 0.405 e. The predicted octanol–water partition coefficient (Wildman–Crippen LogP) is 4.28. The molecule has 1 heterocycles. The summed E-state index contributed by atoms with van der Waals surface area (Å²) in [5, 5.41) is 12.0. The third kappa shape index (κ3) is 6.10. The van der Waals surface area contributed by atoms with E-state index in [4.69, 9.17) is 21.4 Å². The molecule has 1 aliphatic heterocycles. The number of halogens is 2. The highest BCUT2D eigenvalue weighted by molar-refractivity contribution is 9.10. The number of rotatable bonds is 7. The van der Waals surface area contributed by atoms with Gasteiger partial charge in [0.1, 0.15) is 11.9 Å². The highest BCUT2D eigenvalue weighted by atomic mass is 79.9. The number of carboxylic acid groups (broad SMARTS) is 1. The van der Waals surface area contributed by atoms with Gasteiger partial charge in [0, 0.05) is 18.1 Å². The van der Waals surface area contributed by atoms with Crippen molar-refractivity contribution in [2.24, 2.45) is 0 Å². The van der Waals surface area contributed by atoms with Crippen molar-refractivity contribution in [3.8, 4) is 5.75 Å². The standard InChI is InChI=1S/C20H22BrClN2O5S/c21-17-12-15(22)6-7-19(17)29-16-8-10-24(11-9-16)30(27,28)13-18(23-20(25)26)14-4-2-1-3-5-14/h1-7,12,16,18,23H,8-11,13H2,(H,25,26). The molecule has 1 saturated heterocycles. The average molecular weight is 518 g/mol. The Bertz CT molecular complexity index is 982. The molecule has 1 fully saturated rings. The van der Waals surface area contributed by atoms with E-state index in [1.54, 1.807) is 48.5 Å². The number of benzene rings is 2. The van der Waals surface area contributed by atoms with Gasteiger partial charge in [-0.1, -0.05) is 41.9 Å². The van der Waals surface area contributed by atoms with Crippen molar-refractivity contribution in [2.45, 2.75) is 25.0 Å². The summed E-state index contributed by atoms with van der Waals surface area (Å²) < 4.78 is 34.0. The van der Waals surface area contributed by atoms with E-state index in [2.05, 4.69) is 21.2 Å². The molecule has 0 radical (unpaired) electrons. The van der Waals surface area contributed by atoms with Crippen LogP contribution in [0.4, 0.5) is 4.79 Å². The largest absolute Gasteiger partial charge is 0.489 e. The summed E-state index contributed by atoms with van der Waals surface area (Å²) in [5.74, 6) is 0.327. The number of carbonyl (C=O) groups is 1. The molecule has 2 aromatic carbocycles. The number of piperidine rings is 1. The van der Waals surface area contributed by atoms with Crippen LogP contribution < -0.4 is 10.1 Å². The van der Waals surface area contributed by atoms with Crippen molar-refractivity contribution in [1.29, 1.82) is 0 Å². The Morgan fingerprint density at radius 3 is 2.50 bits per heavy atom. The molecule has 1 aliphatic rings. The lowest BCUT2D eigenvalue weighted by molar-refractivity contribution is 0.134. The summed E-state index contributed by atoms with van der Waals surface area (Å²) in [4.78, 5) is 11.2. The van der Waals surface area contributed by atoms with Gasteiger partial charge < -0.3 is 15.2 Å². The molecule has 0 aliphatic carbocycles. The van der Waals surface area contributed by atoms with Crippen LogP contribution in [0.15, 0.2) is 53.0 Å². The zero-order chi connectivity index (χ0) is 21.7. The zero-order valence-corrected chi connectivity index (χ0v) is 19.2. The van der Waals surface area contributed by atoms with E-state index >= 15 is 0 Å². The first-order chi connectivity index (χ1) is 14.2. The van der Waals surface area contributed by atoms with Gasteiger partial charge in [-0.05, 0) is 52.5 Å². The second-order valence-corrected chi connectivity index (χ2v) is 10.3. The van der Waals surface area contributed by atoms with Crippen molar-refractivity contribution in [1.82, 2.24) is 9.62 Å². The van der Waals surface area contributed by atoms with Crippen molar-refractivity contribution >= 4 is 43.6 Å².